The Bertz CT molecular complexity index is 750. The third-order valence-corrected chi connectivity index (χ3v) is 5.33. The lowest BCUT2D eigenvalue weighted by atomic mass is 9.96. The van der Waals surface area contributed by atoms with E-state index in [1.54, 1.807) is 4.90 Å². The molecule has 6 heteroatoms. The van der Waals surface area contributed by atoms with Gasteiger partial charge in [-0.3, -0.25) is 10.1 Å². The van der Waals surface area contributed by atoms with Crippen LogP contribution in [0, 0.1) is 19.8 Å². The van der Waals surface area contributed by atoms with Crippen LogP contribution in [0.4, 0.5) is 15.5 Å². The standard InChI is InChI=1S/C19H23N3O2S/c1-13-5-6-16(14(2)12-13)20-18(23)15-7-9-22(10-8-15)19(24)21-17-4-3-11-25-17/h3-6,11-12,15H,7-10H2,1-2H3,(H,20,23)(H,21,24). The molecule has 1 fully saturated rings. The normalized spacial score (nSPS) is 15.0. The maximum absolute atomic E-state index is 12.5. The van der Waals surface area contributed by atoms with E-state index in [1.165, 1.54) is 16.9 Å². The summed E-state index contributed by atoms with van der Waals surface area (Å²) < 4.78 is 0. The Morgan fingerprint density at radius 1 is 1.12 bits per heavy atom. The van der Waals surface area contributed by atoms with Gasteiger partial charge in [-0.25, -0.2) is 4.79 Å². The number of likely N-dealkylation sites (tertiary alicyclic amines) is 1. The van der Waals surface area contributed by atoms with Crippen LogP contribution in [-0.2, 0) is 4.79 Å². The van der Waals surface area contributed by atoms with Gasteiger partial charge in [0.1, 0.15) is 0 Å². The van der Waals surface area contributed by atoms with E-state index in [0.29, 0.717) is 25.9 Å². The molecule has 1 aliphatic rings. The Hall–Kier alpha value is -2.34. The zero-order chi connectivity index (χ0) is 17.8. The topological polar surface area (TPSA) is 61.4 Å². The summed E-state index contributed by atoms with van der Waals surface area (Å²) in [6.45, 7) is 5.24. The van der Waals surface area contributed by atoms with E-state index in [0.717, 1.165) is 16.3 Å². The Kier molecular flexibility index (Phi) is 5.38. The number of nitrogens with zero attached hydrogens (tertiary/aromatic N) is 1. The van der Waals surface area contributed by atoms with Crippen molar-refractivity contribution in [3.8, 4) is 0 Å². The number of aryl methyl sites for hydroxylation is 2. The molecule has 1 aliphatic heterocycles. The highest BCUT2D eigenvalue weighted by atomic mass is 32.1. The van der Waals surface area contributed by atoms with Gasteiger partial charge >= 0.3 is 6.03 Å². The number of hydrogen-bond acceptors (Lipinski definition) is 3. The molecular formula is C19H23N3O2S. The number of amides is 3. The molecule has 2 aromatic rings. The van der Waals surface area contributed by atoms with E-state index in [2.05, 4.69) is 16.7 Å². The quantitative estimate of drug-likeness (QED) is 0.863. The van der Waals surface area contributed by atoms with Crippen LogP contribution in [0.5, 0.6) is 0 Å². The summed E-state index contributed by atoms with van der Waals surface area (Å²) >= 11 is 1.50. The molecule has 2 N–H and O–H groups in total. The van der Waals surface area contributed by atoms with Crippen LogP contribution in [0.25, 0.3) is 0 Å². The van der Waals surface area contributed by atoms with Gasteiger partial charge < -0.3 is 10.2 Å². The van der Waals surface area contributed by atoms with Gasteiger partial charge in [0.05, 0.1) is 5.00 Å². The third kappa shape index (κ3) is 4.39. The minimum absolute atomic E-state index is 0.0465. The number of benzene rings is 1. The highest BCUT2D eigenvalue weighted by Gasteiger charge is 2.27. The van der Waals surface area contributed by atoms with Crippen molar-refractivity contribution < 1.29 is 9.59 Å². The molecule has 0 atom stereocenters. The van der Waals surface area contributed by atoms with E-state index in [1.807, 2.05) is 43.5 Å². The molecular weight excluding hydrogens is 334 g/mol. The van der Waals surface area contributed by atoms with Crippen molar-refractivity contribution in [2.24, 2.45) is 5.92 Å². The average molecular weight is 357 g/mol. The number of urea groups is 1. The van der Waals surface area contributed by atoms with Crippen LogP contribution < -0.4 is 10.6 Å². The van der Waals surface area contributed by atoms with E-state index in [4.69, 9.17) is 0 Å². The zero-order valence-corrected chi connectivity index (χ0v) is 15.4. The summed E-state index contributed by atoms with van der Waals surface area (Å²) in [6, 6.07) is 9.71. The molecule has 0 bridgehead atoms. The van der Waals surface area contributed by atoms with Crippen LogP contribution >= 0.6 is 11.3 Å². The number of carbonyl (C=O) groups is 2. The lowest BCUT2D eigenvalue weighted by molar-refractivity contribution is -0.121. The summed E-state index contributed by atoms with van der Waals surface area (Å²) in [6.07, 6.45) is 1.38. The first kappa shape index (κ1) is 17.5. The summed E-state index contributed by atoms with van der Waals surface area (Å²) in [5.74, 6) is -0.00300. The lowest BCUT2D eigenvalue weighted by Gasteiger charge is -2.31. The van der Waals surface area contributed by atoms with Gasteiger partial charge in [-0.05, 0) is 55.8 Å². The van der Waals surface area contributed by atoms with Gasteiger partial charge in [0.25, 0.3) is 0 Å². The van der Waals surface area contributed by atoms with E-state index >= 15 is 0 Å². The maximum Gasteiger partial charge on any atom is 0.322 e. The molecule has 0 saturated carbocycles. The molecule has 2 heterocycles. The minimum Gasteiger partial charge on any atom is -0.326 e. The summed E-state index contributed by atoms with van der Waals surface area (Å²) in [5, 5.41) is 8.70. The number of thiophene rings is 1. The lowest BCUT2D eigenvalue weighted by Crippen LogP contribution is -2.43. The monoisotopic (exact) mass is 357 g/mol. The van der Waals surface area contributed by atoms with Crippen molar-refractivity contribution >= 4 is 34.0 Å². The van der Waals surface area contributed by atoms with Crippen LogP contribution in [0.2, 0.25) is 0 Å². The predicted octanol–water partition coefficient (Wildman–Crippen LogP) is 4.25. The maximum atomic E-state index is 12.5. The van der Waals surface area contributed by atoms with Crippen LogP contribution in [0.1, 0.15) is 24.0 Å². The third-order valence-electron chi connectivity index (χ3n) is 4.54. The SMILES string of the molecule is Cc1ccc(NC(=O)C2CCN(C(=O)Nc3cccs3)CC2)c(C)c1. The Balaban J connectivity index is 1.51. The number of piperidine rings is 1. The highest BCUT2D eigenvalue weighted by Crippen LogP contribution is 2.23. The Labute approximate surface area is 152 Å². The van der Waals surface area contributed by atoms with Gasteiger partial charge in [-0.1, -0.05) is 17.7 Å². The molecule has 0 spiro atoms. The molecule has 0 unspecified atom stereocenters. The molecule has 132 valence electrons. The van der Waals surface area contributed by atoms with E-state index in [-0.39, 0.29) is 17.9 Å². The van der Waals surface area contributed by atoms with Crippen molar-refractivity contribution in [3.63, 3.8) is 0 Å². The van der Waals surface area contributed by atoms with Gasteiger partial charge in [0.2, 0.25) is 5.91 Å². The van der Waals surface area contributed by atoms with Crippen LogP contribution in [-0.4, -0.2) is 29.9 Å². The first-order chi connectivity index (χ1) is 12.0. The molecule has 25 heavy (non-hydrogen) atoms. The summed E-state index contributed by atoms with van der Waals surface area (Å²) in [5.41, 5.74) is 3.12. The largest absolute Gasteiger partial charge is 0.326 e. The molecule has 1 aromatic carbocycles. The van der Waals surface area contributed by atoms with Crippen LogP contribution in [0.3, 0.4) is 0 Å². The Morgan fingerprint density at radius 2 is 1.88 bits per heavy atom. The highest BCUT2D eigenvalue weighted by molar-refractivity contribution is 7.14. The number of anilines is 2. The number of nitrogens with one attached hydrogen (secondary N) is 2. The van der Waals surface area contributed by atoms with Gasteiger partial charge in [0, 0.05) is 24.7 Å². The fourth-order valence-electron chi connectivity index (χ4n) is 3.07. The first-order valence-electron chi connectivity index (χ1n) is 8.50. The molecule has 5 nitrogen and oxygen atoms in total. The number of carbonyl (C=O) groups excluding carboxylic acids is 2. The molecule has 3 rings (SSSR count). The van der Waals surface area contributed by atoms with Crippen molar-refractivity contribution in [1.82, 2.24) is 4.90 Å². The second-order valence-corrected chi connectivity index (χ2v) is 7.42. The van der Waals surface area contributed by atoms with Crippen molar-refractivity contribution in [1.29, 1.82) is 0 Å². The molecule has 1 aromatic heterocycles. The molecule has 1 saturated heterocycles. The summed E-state index contributed by atoms with van der Waals surface area (Å²) in [7, 11) is 0. The number of rotatable bonds is 3. The minimum atomic E-state index is -0.0873. The predicted molar refractivity (Wildman–Crippen MR) is 102 cm³/mol. The number of hydrogen-bond donors (Lipinski definition) is 2. The second kappa shape index (κ2) is 7.70. The second-order valence-electron chi connectivity index (χ2n) is 6.48. The smallest absolute Gasteiger partial charge is 0.322 e. The van der Waals surface area contributed by atoms with E-state index < -0.39 is 0 Å². The fourth-order valence-corrected chi connectivity index (χ4v) is 3.67. The molecule has 0 radical (unpaired) electrons. The van der Waals surface area contributed by atoms with Gasteiger partial charge in [-0.15, -0.1) is 11.3 Å². The Morgan fingerprint density at radius 3 is 2.52 bits per heavy atom. The van der Waals surface area contributed by atoms with Crippen molar-refractivity contribution in [2.45, 2.75) is 26.7 Å². The van der Waals surface area contributed by atoms with Crippen molar-refractivity contribution in [3.05, 3.63) is 46.8 Å². The van der Waals surface area contributed by atoms with Crippen molar-refractivity contribution in [2.75, 3.05) is 23.7 Å². The zero-order valence-electron chi connectivity index (χ0n) is 14.5. The molecule has 3 amide bonds. The van der Waals surface area contributed by atoms with Gasteiger partial charge in [-0.2, -0.15) is 0 Å². The molecule has 0 aliphatic carbocycles. The first-order valence-corrected chi connectivity index (χ1v) is 9.38. The summed E-state index contributed by atoms with van der Waals surface area (Å²) in [4.78, 5) is 26.5. The average Bonchev–Trinajstić information content (AvgIpc) is 3.10. The van der Waals surface area contributed by atoms with E-state index in [9.17, 15) is 9.59 Å². The fraction of sp³-hybridized carbons (Fsp3) is 0.368. The van der Waals surface area contributed by atoms with Crippen LogP contribution in [0.15, 0.2) is 35.7 Å². The van der Waals surface area contributed by atoms with Gasteiger partial charge in [0.15, 0.2) is 0 Å².